The molecule has 0 fully saturated rings. The van der Waals surface area contributed by atoms with Crippen molar-refractivity contribution >= 4 is 57.5 Å². The number of halogens is 2. The molecule has 3 aromatic rings. The van der Waals surface area contributed by atoms with Crippen LogP contribution in [0.3, 0.4) is 0 Å². The molecule has 0 radical (unpaired) electrons. The average Bonchev–Trinajstić information content (AvgIpc) is 3.10. The molecule has 0 saturated heterocycles. The summed E-state index contributed by atoms with van der Waals surface area (Å²) in [7, 11) is 0. The van der Waals surface area contributed by atoms with Gasteiger partial charge < -0.3 is 5.32 Å². The Morgan fingerprint density at radius 1 is 1.19 bits per heavy atom. The molecule has 0 aliphatic rings. The Hall–Kier alpha value is -1.40. The summed E-state index contributed by atoms with van der Waals surface area (Å²) in [5, 5.41) is 10.2. The minimum Gasteiger partial charge on any atom is -0.319 e. The number of nitrogens with zero attached hydrogens (tertiary/aromatic N) is 1. The Bertz CT molecular complexity index is 784. The fourth-order valence-electron chi connectivity index (χ4n) is 1.67. The van der Waals surface area contributed by atoms with Gasteiger partial charge in [-0.3, -0.25) is 4.79 Å². The van der Waals surface area contributed by atoms with E-state index in [1.54, 1.807) is 34.9 Å². The zero-order valence-corrected chi connectivity index (χ0v) is 13.6. The zero-order valence-electron chi connectivity index (χ0n) is 10.5. The van der Waals surface area contributed by atoms with E-state index in [0.29, 0.717) is 21.4 Å². The van der Waals surface area contributed by atoms with Crippen molar-refractivity contribution < 1.29 is 4.79 Å². The van der Waals surface area contributed by atoms with Crippen LogP contribution in [0.25, 0.3) is 10.6 Å². The summed E-state index contributed by atoms with van der Waals surface area (Å²) in [5.41, 5.74) is 1.90. The second kappa shape index (κ2) is 6.15. The average molecular weight is 355 g/mol. The van der Waals surface area contributed by atoms with Crippen LogP contribution in [0.15, 0.2) is 40.4 Å². The van der Waals surface area contributed by atoms with Crippen LogP contribution in [0.5, 0.6) is 0 Å². The molecule has 3 rings (SSSR count). The number of carbonyl (C=O) groups excluding carboxylic acids is 1. The largest absolute Gasteiger partial charge is 0.319 e. The van der Waals surface area contributed by atoms with Gasteiger partial charge in [0.05, 0.1) is 10.7 Å². The van der Waals surface area contributed by atoms with E-state index in [9.17, 15) is 4.79 Å². The molecule has 0 spiro atoms. The van der Waals surface area contributed by atoms with E-state index in [-0.39, 0.29) is 5.91 Å². The Balaban J connectivity index is 1.79. The lowest BCUT2D eigenvalue weighted by Gasteiger charge is -2.05. The third-order valence-corrected chi connectivity index (χ3v) is 4.81. The van der Waals surface area contributed by atoms with Gasteiger partial charge in [-0.25, -0.2) is 4.98 Å². The normalized spacial score (nSPS) is 10.6. The van der Waals surface area contributed by atoms with Gasteiger partial charge in [0.2, 0.25) is 0 Å². The fraction of sp³-hybridized carbons (Fsp3) is 0. The highest BCUT2D eigenvalue weighted by Gasteiger charge is 2.13. The van der Waals surface area contributed by atoms with E-state index in [1.807, 2.05) is 16.8 Å². The van der Waals surface area contributed by atoms with E-state index in [0.717, 1.165) is 10.6 Å². The van der Waals surface area contributed by atoms with E-state index >= 15 is 0 Å². The number of rotatable bonds is 3. The number of hydrogen-bond acceptors (Lipinski definition) is 4. The smallest absolute Gasteiger partial charge is 0.275 e. The molecule has 0 aliphatic carbocycles. The lowest BCUT2D eigenvalue weighted by atomic mass is 10.3. The van der Waals surface area contributed by atoms with Gasteiger partial charge in [-0.15, -0.1) is 11.3 Å². The summed E-state index contributed by atoms with van der Waals surface area (Å²) < 4.78 is 0. The molecule has 0 aliphatic heterocycles. The van der Waals surface area contributed by atoms with Gasteiger partial charge >= 0.3 is 0 Å². The van der Waals surface area contributed by atoms with Gasteiger partial charge in [0.25, 0.3) is 5.91 Å². The first-order valence-corrected chi connectivity index (χ1v) is 8.46. The minimum absolute atomic E-state index is 0.294. The van der Waals surface area contributed by atoms with E-state index in [4.69, 9.17) is 23.2 Å². The number of benzene rings is 1. The number of carbonyl (C=O) groups is 1. The van der Waals surface area contributed by atoms with Crippen LogP contribution < -0.4 is 5.32 Å². The summed E-state index contributed by atoms with van der Waals surface area (Å²) in [4.78, 5) is 16.5. The summed E-state index contributed by atoms with van der Waals surface area (Å²) in [6, 6.07) is 6.88. The van der Waals surface area contributed by atoms with Crippen LogP contribution in [0.2, 0.25) is 10.0 Å². The van der Waals surface area contributed by atoms with Crippen molar-refractivity contribution in [1.82, 2.24) is 4.98 Å². The third-order valence-electron chi connectivity index (χ3n) is 2.68. The molecule has 0 unspecified atom stereocenters. The SMILES string of the molecule is O=C(Nc1ccc(Cl)cc1Cl)c1csc(-c2ccsc2)n1. The van der Waals surface area contributed by atoms with Crippen LogP contribution in [0.1, 0.15) is 10.5 Å². The molecule has 1 amide bonds. The maximum Gasteiger partial charge on any atom is 0.275 e. The first kappa shape index (κ1) is 14.5. The lowest BCUT2D eigenvalue weighted by molar-refractivity contribution is 0.102. The Labute approximate surface area is 139 Å². The predicted molar refractivity (Wildman–Crippen MR) is 89.8 cm³/mol. The Morgan fingerprint density at radius 3 is 2.76 bits per heavy atom. The van der Waals surface area contributed by atoms with Gasteiger partial charge in [-0.1, -0.05) is 23.2 Å². The maximum atomic E-state index is 12.2. The standard InChI is InChI=1S/C14H8Cl2N2OS2/c15-9-1-2-11(10(16)5-9)17-13(19)12-7-21-14(18-12)8-3-4-20-6-8/h1-7H,(H,17,19). The molecule has 1 aromatic carbocycles. The van der Waals surface area contributed by atoms with Crippen LogP contribution in [0.4, 0.5) is 5.69 Å². The van der Waals surface area contributed by atoms with E-state index in [1.165, 1.54) is 11.3 Å². The number of thiophene rings is 1. The molecule has 7 heteroatoms. The molecule has 106 valence electrons. The second-order valence-corrected chi connectivity index (χ2v) is 6.61. The van der Waals surface area contributed by atoms with Crippen molar-refractivity contribution in [1.29, 1.82) is 0 Å². The first-order valence-electron chi connectivity index (χ1n) is 5.88. The lowest BCUT2D eigenvalue weighted by Crippen LogP contribution is -2.12. The second-order valence-electron chi connectivity index (χ2n) is 4.13. The van der Waals surface area contributed by atoms with Crippen LogP contribution >= 0.6 is 45.9 Å². The molecule has 0 atom stereocenters. The predicted octanol–water partition coefficient (Wildman–Crippen LogP) is 5.43. The number of nitrogens with one attached hydrogen (secondary N) is 1. The van der Waals surface area contributed by atoms with E-state index < -0.39 is 0 Å². The van der Waals surface area contributed by atoms with Crippen molar-refractivity contribution in [3.63, 3.8) is 0 Å². The van der Waals surface area contributed by atoms with Crippen LogP contribution in [0, 0.1) is 0 Å². The maximum absolute atomic E-state index is 12.2. The number of thiazole rings is 1. The molecule has 2 aromatic heterocycles. The van der Waals surface area contributed by atoms with Gasteiger partial charge in [-0.05, 0) is 29.6 Å². The summed E-state index contributed by atoms with van der Waals surface area (Å²) in [6.07, 6.45) is 0. The van der Waals surface area contributed by atoms with Crippen LogP contribution in [-0.2, 0) is 0 Å². The van der Waals surface area contributed by atoms with Crippen LogP contribution in [-0.4, -0.2) is 10.9 Å². The topological polar surface area (TPSA) is 42.0 Å². The molecule has 2 heterocycles. The van der Waals surface area contributed by atoms with Gasteiger partial charge in [-0.2, -0.15) is 11.3 Å². The molecule has 0 bridgehead atoms. The molecule has 1 N–H and O–H groups in total. The third kappa shape index (κ3) is 3.27. The number of amides is 1. The fourth-order valence-corrected chi connectivity index (χ4v) is 3.64. The van der Waals surface area contributed by atoms with Crippen molar-refractivity contribution in [2.24, 2.45) is 0 Å². The molecule has 0 saturated carbocycles. The number of hydrogen-bond donors (Lipinski definition) is 1. The number of aromatic nitrogens is 1. The Morgan fingerprint density at radius 2 is 2.05 bits per heavy atom. The van der Waals surface area contributed by atoms with Crippen molar-refractivity contribution in [3.05, 3.63) is 56.1 Å². The van der Waals surface area contributed by atoms with Gasteiger partial charge in [0.1, 0.15) is 10.7 Å². The number of anilines is 1. The molecule has 21 heavy (non-hydrogen) atoms. The molecule has 3 nitrogen and oxygen atoms in total. The summed E-state index contributed by atoms with van der Waals surface area (Å²) in [5.74, 6) is -0.294. The highest BCUT2D eigenvalue weighted by molar-refractivity contribution is 7.14. The van der Waals surface area contributed by atoms with Gasteiger partial charge in [0, 0.05) is 21.3 Å². The molecular weight excluding hydrogens is 347 g/mol. The van der Waals surface area contributed by atoms with Crippen molar-refractivity contribution in [2.75, 3.05) is 5.32 Å². The monoisotopic (exact) mass is 354 g/mol. The van der Waals surface area contributed by atoms with Crippen molar-refractivity contribution in [3.8, 4) is 10.6 Å². The van der Waals surface area contributed by atoms with E-state index in [2.05, 4.69) is 10.3 Å². The minimum atomic E-state index is -0.294. The highest BCUT2D eigenvalue weighted by Crippen LogP contribution is 2.28. The first-order chi connectivity index (χ1) is 10.1. The van der Waals surface area contributed by atoms with Crippen molar-refractivity contribution in [2.45, 2.75) is 0 Å². The zero-order chi connectivity index (χ0) is 14.8. The Kier molecular flexibility index (Phi) is 4.26. The summed E-state index contributed by atoms with van der Waals surface area (Å²) in [6.45, 7) is 0. The highest BCUT2D eigenvalue weighted by atomic mass is 35.5. The van der Waals surface area contributed by atoms with Gasteiger partial charge in [0.15, 0.2) is 0 Å². The summed E-state index contributed by atoms with van der Waals surface area (Å²) >= 11 is 14.9. The quantitative estimate of drug-likeness (QED) is 0.681. The molecular formula is C14H8Cl2N2OS2.